The Morgan fingerprint density at radius 1 is 1.30 bits per heavy atom. The molecule has 0 bridgehead atoms. The van der Waals surface area contributed by atoms with E-state index in [4.69, 9.17) is 10.3 Å². The van der Waals surface area contributed by atoms with Gasteiger partial charge in [-0.05, 0) is 47.0 Å². The molecule has 1 heterocycles. The van der Waals surface area contributed by atoms with Crippen LogP contribution in [-0.2, 0) is 5.54 Å². The summed E-state index contributed by atoms with van der Waals surface area (Å²) in [5, 5.41) is 3.95. The number of nitrogens with two attached hydrogens (primary N) is 1. The molecule has 0 atom stereocenters. The first-order chi connectivity index (χ1) is 9.08. The second-order valence-electron chi connectivity index (χ2n) is 4.92. The summed E-state index contributed by atoms with van der Waals surface area (Å²) in [7, 11) is 0. The second-order valence-corrected chi connectivity index (χ2v) is 5.77. The summed E-state index contributed by atoms with van der Waals surface area (Å²) in [6, 6.07) is 4.70. The van der Waals surface area contributed by atoms with Gasteiger partial charge in [-0.15, -0.1) is 12.4 Å². The molecule has 2 N–H and O–H groups in total. The Morgan fingerprint density at radius 3 is 2.65 bits per heavy atom. The smallest absolute Gasteiger partial charge is 0.258 e. The molecule has 1 aromatic carbocycles. The van der Waals surface area contributed by atoms with Gasteiger partial charge in [0.05, 0.1) is 10.0 Å². The average molecular weight is 363 g/mol. The summed E-state index contributed by atoms with van der Waals surface area (Å²) in [5.74, 6) is 0.460. The van der Waals surface area contributed by atoms with Gasteiger partial charge < -0.3 is 10.3 Å². The lowest BCUT2D eigenvalue weighted by Crippen LogP contribution is -2.34. The summed E-state index contributed by atoms with van der Waals surface area (Å²) in [4.78, 5) is 4.32. The molecule has 7 heteroatoms. The van der Waals surface area contributed by atoms with E-state index in [2.05, 4.69) is 26.1 Å². The quantitative estimate of drug-likeness (QED) is 0.883. The van der Waals surface area contributed by atoms with Crippen molar-refractivity contribution in [2.75, 3.05) is 0 Å². The molecule has 0 radical (unpaired) electrons. The molecule has 20 heavy (non-hydrogen) atoms. The van der Waals surface area contributed by atoms with Crippen LogP contribution in [0, 0.1) is 5.82 Å². The van der Waals surface area contributed by atoms with E-state index >= 15 is 0 Å². The number of nitrogens with zero attached hydrogens (tertiary/aromatic N) is 2. The molecular weight excluding hydrogens is 349 g/mol. The zero-order valence-electron chi connectivity index (χ0n) is 10.6. The molecular formula is C13H14BrClFN3O. The van der Waals surface area contributed by atoms with Gasteiger partial charge >= 0.3 is 0 Å². The molecule has 1 aliphatic carbocycles. The van der Waals surface area contributed by atoms with E-state index in [0.29, 0.717) is 21.8 Å². The summed E-state index contributed by atoms with van der Waals surface area (Å²) in [6.45, 7) is 0. The zero-order valence-corrected chi connectivity index (χ0v) is 13.0. The van der Waals surface area contributed by atoms with Crippen molar-refractivity contribution in [1.29, 1.82) is 0 Å². The minimum Gasteiger partial charge on any atom is -0.334 e. The van der Waals surface area contributed by atoms with E-state index in [1.54, 1.807) is 12.1 Å². The van der Waals surface area contributed by atoms with Crippen molar-refractivity contribution in [1.82, 2.24) is 10.1 Å². The highest BCUT2D eigenvalue weighted by Crippen LogP contribution is 2.35. The fraction of sp³-hybridized carbons (Fsp3) is 0.385. The van der Waals surface area contributed by atoms with Crippen molar-refractivity contribution in [3.63, 3.8) is 0 Å². The van der Waals surface area contributed by atoms with Gasteiger partial charge in [-0.25, -0.2) is 4.39 Å². The molecule has 0 amide bonds. The number of halogens is 3. The van der Waals surface area contributed by atoms with Crippen molar-refractivity contribution < 1.29 is 8.91 Å². The second kappa shape index (κ2) is 5.79. The van der Waals surface area contributed by atoms with Crippen LogP contribution >= 0.6 is 28.3 Å². The van der Waals surface area contributed by atoms with Gasteiger partial charge in [-0.1, -0.05) is 18.0 Å². The van der Waals surface area contributed by atoms with E-state index in [1.165, 1.54) is 6.07 Å². The van der Waals surface area contributed by atoms with Gasteiger partial charge in [-0.2, -0.15) is 4.98 Å². The number of benzene rings is 1. The van der Waals surface area contributed by atoms with Crippen LogP contribution in [0.4, 0.5) is 4.39 Å². The molecule has 108 valence electrons. The Morgan fingerprint density at radius 2 is 2.00 bits per heavy atom. The normalized spacial score (nSPS) is 16.9. The number of rotatable bonds is 2. The maximum absolute atomic E-state index is 13.5. The molecule has 0 saturated heterocycles. The predicted octanol–water partition coefficient (Wildman–Crippen LogP) is 3.79. The first-order valence-corrected chi connectivity index (χ1v) is 6.96. The van der Waals surface area contributed by atoms with Crippen molar-refractivity contribution in [2.45, 2.75) is 31.2 Å². The van der Waals surface area contributed by atoms with Crippen LogP contribution in [0.1, 0.15) is 31.5 Å². The largest absolute Gasteiger partial charge is 0.334 e. The van der Waals surface area contributed by atoms with Crippen LogP contribution in [0.2, 0.25) is 0 Å². The maximum Gasteiger partial charge on any atom is 0.258 e. The van der Waals surface area contributed by atoms with Gasteiger partial charge in [-0.3, -0.25) is 0 Å². The standard InChI is InChI=1S/C13H13BrFN3O.ClH/c14-9-4-3-8(7-10(9)15)11-17-12(18-19-11)13(16)5-1-2-6-13;/h3-4,7H,1-2,5-6,16H2;1H. The van der Waals surface area contributed by atoms with Crippen LogP contribution in [0.25, 0.3) is 11.5 Å². The minimum atomic E-state index is -0.490. The van der Waals surface area contributed by atoms with Crippen LogP contribution in [0.15, 0.2) is 27.2 Å². The molecule has 0 spiro atoms. The zero-order chi connectivity index (χ0) is 13.5. The lowest BCUT2D eigenvalue weighted by molar-refractivity contribution is 0.372. The van der Waals surface area contributed by atoms with Gasteiger partial charge in [0, 0.05) is 5.56 Å². The van der Waals surface area contributed by atoms with Crippen LogP contribution in [0.5, 0.6) is 0 Å². The monoisotopic (exact) mass is 361 g/mol. The third-order valence-electron chi connectivity index (χ3n) is 3.53. The van der Waals surface area contributed by atoms with Gasteiger partial charge in [0.15, 0.2) is 5.82 Å². The van der Waals surface area contributed by atoms with E-state index in [-0.39, 0.29) is 18.2 Å². The molecule has 1 fully saturated rings. The Hall–Kier alpha value is -0.980. The third kappa shape index (κ3) is 2.73. The van der Waals surface area contributed by atoms with Crippen LogP contribution < -0.4 is 5.73 Å². The molecule has 1 saturated carbocycles. The summed E-state index contributed by atoms with van der Waals surface area (Å²) < 4.78 is 19.1. The van der Waals surface area contributed by atoms with Crippen LogP contribution in [0.3, 0.4) is 0 Å². The molecule has 0 unspecified atom stereocenters. The highest BCUT2D eigenvalue weighted by atomic mass is 79.9. The van der Waals surface area contributed by atoms with Crippen molar-refractivity contribution >= 4 is 28.3 Å². The van der Waals surface area contributed by atoms with E-state index in [9.17, 15) is 4.39 Å². The Bertz CT molecular complexity index is 613. The molecule has 1 aromatic heterocycles. The van der Waals surface area contributed by atoms with E-state index in [0.717, 1.165) is 25.7 Å². The lowest BCUT2D eigenvalue weighted by atomic mass is 9.99. The first kappa shape index (κ1) is 15.4. The fourth-order valence-electron chi connectivity index (χ4n) is 2.40. The Kier molecular flexibility index (Phi) is 4.46. The Labute approximate surface area is 130 Å². The Balaban J connectivity index is 0.00000147. The fourth-order valence-corrected chi connectivity index (χ4v) is 2.65. The predicted molar refractivity (Wildman–Crippen MR) is 79.0 cm³/mol. The van der Waals surface area contributed by atoms with Gasteiger partial charge in [0.1, 0.15) is 5.82 Å². The van der Waals surface area contributed by atoms with Gasteiger partial charge in [0.25, 0.3) is 5.89 Å². The highest BCUT2D eigenvalue weighted by molar-refractivity contribution is 9.10. The number of hydrogen-bond donors (Lipinski definition) is 1. The average Bonchev–Trinajstić information content (AvgIpc) is 3.02. The van der Waals surface area contributed by atoms with Crippen molar-refractivity contribution in [3.05, 3.63) is 34.3 Å². The SMILES string of the molecule is Cl.NC1(c2noc(-c3ccc(Br)c(F)c3)n2)CCCC1. The van der Waals surface area contributed by atoms with Crippen molar-refractivity contribution in [2.24, 2.45) is 5.73 Å². The summed E-state index contributed by atoms with van der Waals surface area (Å²) in [6.07, 6.45) is 3.88. The maximum atomic E-state index is 13.5. The molecule has 0 aliphatic heterocycles. The topological polar surface area (TPSA) is 64.9 Å². The van der Waals surface area contributed by atoms with Crippen molar-refractivity contribution in [3.8, 4) is 11.5 Å². The number of aromatic nitrogens is 2. The van der Waals surface area contributed by atoms with E-state index in [1.807, 2.05) is 0 Å². The molecule has 1 aliphatic rings. The molecule has 4 nitrogen and oxygen atoms in total. The third-order valence-corrected chi connectivity index (χ3v) is 4.18. The number of hydrogen-bond acceptors (Lipinski definition) is 4. The lowest BCUT2D eigenvalue weighted by Gasteiger charge is -2.17. The minimum absolute atomic E-state index is 0. The van der Waals surface area contributed by atoms with Crippen LogP contribution in [-0.4, -0.2) is 10.1 Å². The first-order valence-electron chi connectivity index (χ1n) is 6.17. The molecule has 3 rings (SSSR count). The highest BCUT2D eigenvalue weighted by Gasteiger charge is 2.36. The summed E-state index contributed by atoms with van der Waals surface area (Å²) in [5.41, 5.74) is 6.33. The summed E-state index contributed by atoms with van der Waals surface area (Å²) >= 11 is 3.11. The van der Waals surface area contributed by atoms with Gasteiger partial charge in [0.2, 0.25) is 0 Å². The van der Waals surface area contributed by atoms with E-state index < -0.39 is 5.54 Å². The molecule has 2 aromatic rings.